The lowest BCUT2D eigenvalue weighted by molar-refractivity contribution is 0.0990. The highest BCUT2D eigenvalue weighted by molar-refractivity contribution is 5.99. The lowest BCUT2D eigenvalue weighted by atomic mass is 10.1. The Bertz CT molecular complexity index is 851. The van der Waals surface area contributed by atoms with Crippen LogP contribution in [-0.2, 0) is 6.42 Å². The van der Waals surface area contributed by atoms with Crippen molar-refractivity contribution in [1.29, 1.82) is 0 Å². The van der Waals surface area contributed by atoms with Gasteiger partial charge in [-0.15, -0.1) is 0 Å². The second-order valence-corrected chi connectivity index (χ2v) is 6.64. The van der Waals surface area contributed by atoms with Crippen LogP contribution in [0.3, 0.4) is 0 Å². The Balaban J connectivity index is 1.55. The molecule has 2 aromatic carbocycles. The summed E-state index contributed by atoms with van der Waals surface area (Å²) in [7, 11) is 0. The zero-order chi connectivity index (χ0) is 18.4. The van der Waals surface area contributed by atoms with Crippen LogP contribution in [0.5, 0.6) is 0 Å². The Labute approximate surface area is 155 Å². The number of aromatic nitrogens is 1. The zero-order valence-electron chi connectivity index (χ0n) is 15.5. The number of nitrogens with one attached hydrogen (secondary N) is 1. The SMILES string of the molecule is Cc1cc(C(=O)CNCCCc2ccccc2)c(C)n1-c1ccccc1. The maximum Gasteiger partial charge on any atom is 0.178 e. The van der Waals surface area contributed by atoms with E-state index in [0.717, 1.165) is 42.0 Å². The molecule has 0 atom stereocenters. The van der Waals surface area contributed by atoms with Gasteiger partial charge in [-0.1, -0.05) is 48.5 Å². The summed E-state index contributed by atoms with van der Waals surface area (Å²) in [6, 6.07) is 22.6. The zero-order valence-corrected chi connectivity index (χ0v) is 15.5. The number of carbonyl (C=O) groups excluding carboxylic acids is 1. The Morgan fingerprint density at radius 2 is 1.62 bits per heavy atom. The van der Waals surface area contributed by atoms with E-state index >= 15 is 0 Å². The number of hydrogen-bond acceptors (Lipinski definition) is 2. The molecule has 0 radical (unpaired) electrons. The lowest BCUT2D eigenvalue weighted by Gasteiger charge is -2.09. The molecule has 3 nitrogen and oxygen atoms in total. The molecule has 26 heavy (non-hydrogen) atoms. The van der Waals surface area contributed by atoms with Gasteiger partial charge in [0, 0.05) is 22.6 Å². The highest BCUT2D eigenvalue weighted by Crippen LogP contribution is 2.20. The molecule has 1 heterocycles. The first-order chi connectivity index (χ1) is 12.7. The van der Waals surface area contributed by atoms with Crippen molar-refractivity contribution in [1.82, 2.24) is 9.88 Å². The number of para-hydroxylation sites is 1. The largest absolute Gasteiger partial charge is 0.318 e. The van der Waals surface area contributed by atoms with Gasteiger partial charge in [-0.25, -0.2) is 0 Å². The predicted molar refractivity (Wildman–Crippen MR) is 107 cm³/mol. The van der Waals surface area contributed by atoms with Crippen LogP contribution in [0.4, 0.5) is 0 Å². The molecular weight excluding hydrogens is 320 g/mol. The van der Waals surface area contributed by atoms with Crippen molar-refractivity contribution >= 4 is 5.78 Å². The summed E-state index contributed by atoms with van der Waals surface area (Å²) in [6.45, 7) is 5.29. The number of rotatable bonds is 8. The van der Waals surface area contributed by atoms with Crippen LogP contribution < -0.4 is 5.32 Å². The van der Waals surface area contributed by atoms with E-state index in [9.17, 15) is 4.79 Å². The van der Waals surface area contributed by atoms with E-state index in [4.69, 9.17) is 0 Å². The first-order valence-corrected chi connectivity index (χ1v) is 9.19. The van der Waals surface area contributed by atoms with Gasteiger partial charge in [0.15, 0.2) is 5.78 Å². The molecule has 0 aliphatic rings. The minimum absolute atomic E-state index is 0.153. The Morgan fingerprint density at radius 1 is 0.962 bits per heavy atom. The average Bonchev–Trinajstić information content (AvgIpc) is 2.97. The van der Waals surface area contributed by atoms with E-state index in [2.05, 4.69) is 46.3 Å². The maximum absolute atomic E-state index is 12.6. The molecule has 0 fully saturated rings. The second-order valence-electron chi connectivity index (χ2n) is 6.64. The van der Waals surface area contributed by atoms with Crippen molar-refractivity contribution in [3.8, 4) is 5.69 Å². The quantitative estimate of drug-likeness (QED) is 0.481. The lowest BCUT2D eigenvalue weighted by Crippen LogP contribution is -2.24. The standard InChI is InChI=1S/C23H26N2O/c1-18-16-22(19(2)25(18)21-13-7-4-8-14-21)23(26)17-24-15-9-12-20-10-5-3-6-11-20/h3-8,10-11,13-14,16,24H,9,12,15,17H2,1-2H3. The summed E-state index contributed by atoms with van der Waals surface area (Å²) in [5, 5.41) is 3.29. The molecule has 0 saturated heterocycles. The Kier molecular flexibility index (Phi) is 6.03. The highest BCUT2D eigenvalue weighted by atomic mass is 16.1. The van der Waals surface area contributed by atoms with E-state index in [1.807, 2.05) is 44.2 Å². The Morgan fingerprint density at radius 3 is 2.31 bits per heavy atom. The van der Waals surface area contributed by atoms with Gasteiger partial charge in [-0.3, -0.25) is 4.79 Å². The number of Topliss-reactive ketones (excluding diaryl/α,β-unsaturated/α-hetero) is 1. The van der Waals surface area contributed by atoms with Crippen LogP contribution in [0.25, 0.3) is 5.69 Å². The molecule has 1 N–H and O–H groups in total. The monoisotopic (exact) mass is 346 g/mol. The van der Waals surface area contributed by atoms with Crippen molar-refractivity contribution in [2.45, 2.75) is 26.7 Å². The predicted octanol–water partition coefficient (Wildman–Crippen LogP) is 4.50. The molecular formula is C23H26N2O. The van der Waals surface area contributed by atoms with Gasteiger partial charge in [0.2, 0.25) is 0 Å². The van der Waals surface area contributed by atoms with Crippen LogP contribution in [0.1, 0.15) is 33.7 Å². The molecule has 0 amide bonds. The molecule has 3 aromatic rings. The summed E-state index contributed by atoms with van der Waals surface area (Å²) in [6.07, 6.45) is 2.06. The van der Waals surface area contributed by atoms with E-state index in [1.165, 1.54) is 5.56 Å². The molecule has 0 spiro atoms. The van der Waals surface area contributed by atoms with E-state index in [0.29, 0.717) is 6.54 Å². The normalized spacial score (nSPS) is 10.8. The molecule has 3 rings (SSSR count). The molecule has 134 valence electrons. The van der Waals surface area contributed by atoms with Gasteiger partial charge >= 0.3 is 0 Å². The Hall–Kier alpha value is -2.65. The minimum atomic E-state index is 0.153. The minimum Gasteiger partial charge on any atom is -0.318 e. The molecule has 0 saturated carbocycles. The van der Waals surface area contributed by atoms with Crippen LogP contribution >= 0.6 is 0 Å². The third-order valence-corrected chi connectivity index (χ3v) is 4.69. The smallest absolute Gasteiger partial charge is 0.178 e. The fourth-order valence-electron chi connectivity index (χ4n) is 3.38. The fraction of sp³-hybridized carbons (Fsp3) is 0.261. The van der Waals surface area contributed by atoms with Crippen molar-refractivity contribution in [3.05, 3.63) is 89.2 Å². The molecule has 0 aliphatic carbocycles. The van der Waals surface area contributed by atoms with Crippen molar-refractivity contribution in [2.24, 2.45) is 0 Å². The van der Waals surface area contributed by atoms with Gasteiger partial charge in [-0.2, -0.15) is 0 Å². The van der Waals surface area contributed by atoms with Gasteiger partial charge in [0.1, 0.15) is 0 Å². The maximum atomic E-state index is 12.6. The van der Waals surface area contributed by atoms with Crippen molar-refractivity contribution in [2.75, 3.05) is 13.1 Å². The summed E-state index contributed by atoms with van der Waals surface area (Å²) >= 11 is 0. The third-order valence-electron chi connectivity index (χ3n) is 4.69. The van der Waals surface area contributed by atoms with Crippen LogP contribution in [0.2, 0.25) is 0 Å². The molecule has 0 aliphatic heterocycles. The van der Waals surface area contributed by atoms with Crippen LogP contribution in [-0.4, -0.2) is 23.4 Å². The van der Waals surface area contributed by atoms with E-state index in [1.54, 1.807) is 0 Å². The van der Waals surface area contributed by atoms with Crippen LogP contribution in [0, 0.1) is 13.8 Å². The molecule has 1 aromatic heterocycles. The van der Waals surface area contributed by atoms with Gasteiger partial charge in [0.25, 0.3) is 0 Å². The summed E-state index contributed by atoms with van der Waals surface area (Å²) < 4.78 is 2.14. The summed E-state index contributed by atoms with van der Waals surface area (Å²) in [5.41, 5.74) is 5.33. The number of hydrogen-bond donors (Lipinski definition) is 1. The summed E-state index contributed by atoms with van der Waals surface area (Å²) in [4.78, 5) is 12.6. The highest BCUT2D eigenvalue weighted by Gasteiger charge is 2.16. The van der Waals surface area contributed by atoms with Crippen LogP contribution in [0.15, 0.2) is 66.7 Å². The topological polar surface area (TPSA) is 34.0 Å². The second kappa shape index (κ2) is 8.63. The van der Waals surface area contributed by atoms with Gasteiger partial charge < -0.3 is 9.88 Å². The number of benzene rings is 2. The first-order valence-electron chi connectivity index (χ1n) is 9.19. The summed E-state index contributed by atoms with van der Waals surface area (Å²) in [5.74, 6) is 0.153. The molecule has 0 unspecified atom stereocenters. The molecule has 0 bridgehead atoms. The molecule has 3 heteroatoms. The first kappa shape index (κ1) is 18.2. The number of nitrogens with zero attached hydrogens (tertiary/aromatic N) is 1. The third kappa shape index (κ3) is 4.30. The van der Waals surface area contributed by atoms with Gasteiger partial charge in [0.05, 0.1) is 6.54 Å². The number of ketones is 1. The van der Waals surface area contributed by atoms with Crippen molar-refractivity contribution in [3.63, 3.8) is 0 Å². The number of carbonyl (C=O) groups is 1. The van der Waals surface area contributed by atoms with Crippen molar-refractivity contribution < 1.29 is 4.79 Å². The van der Waals surface area contributed by atoms with E-state index in [-0.39, 0.29) is 5.78 Å². The fourth-order valence-corrected chi connectivity index (χ4v) is 3.38. The average molecular weight is 346 g/mol. The van der Waals surface area contributed by atoms with E-state index < -0.39 is 0 Å². The number of aryl methyl sites for hydroxylation is 2. The van der Waals surface area contributed by atoms with Gasteiger partial charge in [-0.05, 0) is 57.0 Å².